The Hall–Kier alpha value is -3.75. The van der Waals surface area contributed by atoms with E-state index in [-0.39, 0.29) is 6.03 Å². The topological polar surface area (TPSA) is 102 Å². The summed E-state index contributed by atoms with van der Waals surface area (Å²) >= 11 is 0. The lowest BCUT2D eigenvalue weighted by Gasteiger charge is -2.27. The van der Waals surface area contributed by atoms with Gasteiger partial charge in [-0.25, -0.2) is 14.8 Å². The van der Waals surface area contributed by atoms with Crippen LogP contribution in [0.2, 0.25) is 0 Å². The summed E-state index contributed by atoms with van der Waals surface area (Å²) < 4.78 is 7.63. The standard InChI is InChI=1S/C19H17N7O2/c1-12-21-10-16(28-12)13-2-3-15-14(8-13)9-17(24-23-15)22-19(27)26-7-6-25-5-4-20-18(25)11-26/h2-5,8-10H,6-7,11H2,1H3,(H,22,24,27). The SMILES string of the molecule is Cc1ncc(-c2ccc3nnc(NC(=O)N4CCn5ccnc5C4)cc3c2)o1. The van der Waals surface area contributed by atoms with Gasteiger partial charge in [0.1, 0.15) is 5.82 Å². The Morgan fingerprint density at radius 3 is 2.96 bits per heavy atom. The molecule has 1 aromatic carbocycles. The van der Waals surface area contributed by atoms with Crippen LogP contribution >= 0.6 is 0 Å². The minimum absolute atomic E-state index is 0.218. The van der Waals surface area contributed by atoms with E-state index >= 15 is 0 Å². The molecule has 9 nitrogen and oxygen atoms in total. The summed E-state index contributed by atoms with van der Waals surface area (Å²) in [6.07, 6.45) is 5.36. The molecule has 0 fully saturated rings. The number of aromatic nitrogens is 5. The Morgan fingerprint density at radius 2 is 2.11 bits per heavy atom. The number of urea groups is 1. The molecule has 0 bridgehead atoms. The Morgan fingerprint density at radius 1 is 1.18 bits per heavy atom. The first-order valence-corrected chi connectivity index (χ1v) is 8.92. The fraction of sp³-hybridized carbons (Fsp3) is 0.211. The van der Waals surface area contributed by atoms with Gasteiger partial charge in [-0.3, -0.25) is 5.32 Å². The molecule has 1 N–H and O–H groups in total. The number of rotatable bonds is 2. The Labute approximate surface area is 160 Å². The van der Waals surface area contributed by atoms with Gasteiger partial charge in [-0.15, -0.1) is 10.2 Å². The molecule has 0 radical (unpaired) electrons. The van der Waals surface area contributed by atoms with Crippen molar-refractivity contribution < 1.29 is 9.21 Å². The second-order valence-electron chi connectivity index (χ2n) is 6.64. The van der Waals surface area contributed by atoms with Crippen molar-refractivity contribution in [2.75, 3.05) is 11.9 Å². The van der Waals surface area contributed by atoms with E-state index in [0.717, 1.165) is 28.8 Å². The van der Waals surface area contributed by atoms with Gasteiger partial charge in [0.25, 0.3) is 0 Å². The van der Waals surface area contributed by atoms with Crippen molar-refractivity contribution in [1.29, 1.82) is 0 Å². The molecule has 4 aromatic rings. The number of aryl methyl sites for hydroxylation is 1. The fourth-order valence-corrected chi connectivity index (χ4v) is 3.29. The highest BCUT2D eigenvalue weighted by Gasteiger charge is 2.21. The summed E-state index contributed by atoms with van der Waals surface area (Å²) in [6.45, 7) is 3.61. The van der Waals surface area contributed by atoms with Crippen molar-refractivity contribution in [1.82, 2.24) is 29.6 Å². The predicted octanol–water partition coefficient (Wildman–Crippen LogP) is 2.84. The first-order chi connectivity index (χ1) is 13.7. The maximum atomic E-state index is 12.6. The van der Waals surface area contributed by atoms with Crippen LogP contribution in [0, 0.1) is 6.92 Å². The van der Waals surface area contributed by atoms with Gasteiger partial charge < -0.3 is 13.9 Å². The Balaban J connectivity index is 1.38. The molecule has 4 heterocycles. The summed E-state index contributed by atoms with van der Waals surface area (Å²) in [5.41, 5.74) is 1.62. The maximum Gasteiger partial charge on any atom is 0.323 e. The minimum Gasteiger partial charge on any atom is -0.441 e. The van der Waals surface area contributed by atoms with Crippen molar-refractivity contribution in [2.24, 2.45) is 0 Å². The lowest BCUT2D eigenvalue weighted by Crippen LogP contribution is -2.40. The number of hydrogen-bond acceptors (Lipinski definition) is 6. The molecule has 9 heteroatoms. The molecule has 28 heavy (non-hydrogen) atoms. The van der Waals surface area contributed by atoms with Gasteiger partial charge >= 0.3 is 6.03 Å². The smallest absolute Gasteiger partial charge is 0.323 e. The van der Waals surface area contributed by atoms with Crippen LogP contribution in [0.15, 0.2) is 47.3 Å². The largest absolute Gasteiger partial charge is 0.441 e. The zero-order valence-corrected chi connectivity index (χ0v) is 15.2. The molecule has 140 valence electrons. The van der Waals surface area contributed by atoms with Crippen molar-refractivity contribution in [3.8, 4) is 11.3 Å². The maximum absolute atomic E-state index is 12.6. The molecule has 0 saturated carbocycles. The normalized spacial score (nSPS) is 13.5. The van der Waals surface area contributed by atoms with Crippen molar-refractivity contribution in [2.45, 2.75) is 20.0 Å². The van der Waals surface area contributed by atoms with Crippen LogP contribution < -0.4 is 5.32 Å². The number of oxazole rings is 1. The first kappa shape index (κ1) is 16.4. The molecular weight excluding hydrogens is 358 g/mol. The van der Waals surface area contributed by atoms with Crippen LogP contribution in [-0.2, 0) is 13.1 Å². The van der Waals surface area contributed by atoms with E-state index < -0.39 is 0 Å². The van der Waals surface area contributed by atoms with Gasteiger partial charge in [-0.1, -0.05) is 0 Å². The third-order valence-corrected chi connectivity index (χ3v) is 4.76. The molecule has 5 rings (SSSR count). The van der Waals surface area contributed by atoms with E-state index in [1.54, 1.807) is 30.3 Å². The number of fused-ring (bicyclic) bond motifs is 2. The predicted molar refractivity (Wildman–Crippen MR) is 101 cm³/mol. The monoisotopic (exact) mass is 375 g/mol. The van der Waals surface area contributed by atoms with Crippen LogP contribution in [0.4, 0.5) is 10.6 Å². The molecule has 1 aliphatic heterocycles. The number of benzene rings is 1. The Bertz CT molecular complexity index is 1180. The van der Waals surface area contributed by atoms with E-state index in [1.165, 1.54) is 0 Å². The number of hydrogen-bond donors (Lipinski definition) is 1. The number of amides is 2. The molecule has 0 spiro atoms. The number of nitrogens with zero attached hydrogens (tertiary/aromatic N) is 6. The summed E-state index contributed by atoms with van der Waals surface area (Å²) in [5.74, 6) is 2.57. The summed E-state index contributed by atoms with van der Waals surface area (Å²) in [4.78, 5) is 22.7. The van der Waals surface area contributed by atoms with Crippen LogP contribution in [-0.4, -0.2) is 42.2 Å². The summed E-state index contributed by atoms with van der Waals surface area (Å²) in [7, 11) is 0. The summed E-state index contributed by atoms with van der Waals surface area (Å²) in [6, 6.07) is 7.30. The number of nitrogens with one attached hydrogen (secondary N) is 1. The van der Waals surface area contributed by atoms with Gasteiger partial charge in [0.05, 0.1) is 18.3 Å². The van der Waals surface area contributed by atoms with Crippen molar-refractivity contribution in [3.05, 3.63) is 54.6 Å². The van der Waals surface area contributed by atoms with E-state index in [1.807, 2.05) is 29.0 Å². The minimum atomic E-state index is -0.218. The van der Waals surface area contributed by atoms with Gasteiger partial charge in [-0.05, 0) is 24.3 Å². The second-order valence-corrected chi connectivity index (χ2v) is 6.64. The zero-order valence-electron chi connectivity index (χ0n) is 15.2. The number of carbonyl (C=O) groups is 1. The first-order valence-electron chi connectivity index (χ1n) is 8.92. The van der Waals surface area contributed by atoms with E-state index in [2.05, 4.69) is 25.5 Å². The zero-order chi connectivity index (χ0) is 19.1. The molecule has 3 aromatic heterocycles. The van der Waals surface area contributed by atoms with E-state index in [9.17, 15) is 4.79 Å². The second kappa shape index (κ2) is 6.45. The molecule has 0 aliphatic carbocycles. The average molecular weight is 375 g/mol. The lowest BCUT2D eigenvalue weighted by molar-refractivity contribution is 0.195. The lowest BCUT2D eigenvalue weighted by atomic mass is 10.1. The summed E-state index contributed by atoms with van der Waals surface area (Å²) in [5, 5.41) is 12.0. The van der Waals surface area contributed by atoms with Crippen LogP contribution in [0.1, 0.15) is 11.7 Å². The highest BCUT2D eigenvalue weighted by Crippen LogP contribution is 2.25. The fourth-order valence-electron chi connectivity index (χ4n) is 3.29. The number of anilines is 1. The van der Waals surface area contributed by atoms with Crippen LogP contribution in [0.5, 0.6) is 0 Å². The average Bonchev–Trinajstić information content (AvgIpc) is 3.35. The molecule has 2 amide bonds. The Kier molecular flexibility index (Phi) is 3.78. The third-order valence-electron chi connectivity index (χ3n) is 4.76. The van der Waals surface area contributed by atoms with Gasteiger partial charge in [0.15, 0.2) is 17.5 Å². The molecule has 1 aliphatic rings. The molecule has 0 saturated heterocycles. The molecule has 0 unspecified atom stereocenters. The number of carbonyl (C=O) groups excluding carboxylic acids is 1. The van der Waals surface area contributed by atoms with E-state index in [0.29, 0.717) is 30.6 Å². The van der Waals surface area contributed by atoms with Crippen molar-refractivity contribution >= 4 is 22.8 Å². The van der Waals surface area contributed by atoms with Gasteiger partial charge in [0, 0.05) is 43.4 Å². The third kappa shape index (κ3) is 2.96. The van der Waals surface area contributed by atoms with Gasteiger partial charge in [-0.2, -0.15) is 0 Å². The highest BCUT2D eigenvalue weighted by atomic mass is 16.4. The van der Waals surface area contributed by atoms with E-state index in [4.69, 9.17) is 4.42 Å². The van der Waals surface area contributed by atoms with Crippen LogP contribution in [0.25, 0.3) is 22.2 Å². The van der Waals surface area contributed by atoms with Crippen LogP contribution in [0.3, 0.4) is 0 Å². The quantitative estimate of drug-likeness (QED) is 0.578. The van der Waals surface area contributed by atoms with Crippen molar-refractivity contribution in [3.63, 3.8) is 0 Å². The van der Waals surface area contributed by atoms with Gasteiger partial charge in [0.2, 0.25) is 0 Å². The number of imidazole rings is 1. The molecule has 0 atom stereocenters. The molecular formula is C19H17N7O2. The highest BCUT2D eigenvalue weighted by molar-refractivity contribution is 5.91.